The van der Waals surface area contributed by atoms with Gasteiger partial charge >= 0.3 is 0 Å². The number of carbonyl (C=O) groups is 3. The summed E-state index contributed by atoms with van der Waals surface area (Å²) in [6.07, 6.45) is 4.93. The molecule has 2 aromatic rings. The molecule has 0 atom stereocenters. The van der Waals surface area contributed by atoms with Crippen molar-refractivity contribution in [1.82, 2.24) is 10.2 Å². The first-order valence-corrected chi connectivity index (χ1v) is 10.8. The number of rotatable bonds is 7. The summed E-state index contributed by atoms with van der Waals surface area (Å²) in [4.78, 5) is 37.7. The van der Waals surface area contributed by atoms with Gasteiger partial charge in [0.1, 0.15) is 5.82 Å². The molecule has 0 aliphatic carbocycles. The van der Waals surface area contributed by atoms with Crippen molar-refractivity contribution in [2.24, 2.45) is 5.92 Å². The van der Waals surface area contributed by atoms with E-state index in [0.29, 0.717) is 50.1 Å². The second-order valence-electron chi connectivity index (χ2n) is 7.87. The molecule has 7 heteroatoms. The fourth-order valence-electron chi connectivity index (χ4n) is 3.68. The van der Waals surface area contributed by atoms with Crippen molar-refractivity contribution >= 4 is 29.5 Å². The maximum Gasteiger partial charge on any atom is 0.246 e. The highest BCUT2D eigenvalue weighted by atomic mass is 19.1. The van der Waals surface area contributed by atoms with Crippen molar-refractivity contribution in [3.63, 3.8) is 0 Å². The van der Waals surface area contributed by atoms with E-state index in [4.69, 9.17) is 0 Å². The molecule has 1 heterocycles. The van der Waals surface area contributed by atoms with E-state index in [2.05, 4.69) is 10.6 Å². The van der Waals surface area contributed by atoms with Crippen LogP contribution in [0.25, 0.3) is 6.08 Å². The number of anilines is 1. The molecule has 32 heavy (non-hydrogen) atoms. The minimum atomic E-state index is -0.259. The third kappa shape index (κ3) is 6.77. The Morgan fingerprint density at radius 3 is 2.41 bits per heavy atom. The molecule has 3 rings (SSSR count). The van der Waals surface area contributed by atoms with Gasteiger partial charge in [0.2, 0.25) is 17.7 Å². The van der Waals surface area contributed by atoms with Gasteiger partial charge in [0.15, 0.2) is 0 Å². The zero-order valence-electron chi connectivity index (χ0n) is 18.1. The van der Waals surface area contributed by atoms with Crippen molar-refractivity contribution < 1.29 is 18.8 Å². The lowest BCUT2D eigenvalue weighted by atomic mass is 9.95. The zero-order valence-corrected chi connectivity index (χ0v) is 18.1. The van der Waals surface area contributed by atoms with E-state index in [1.807, 2.05) is 12.1 Å². The van der Waals surface area contributed by atoms with Gasteiger partial charge < -0.3 is 15.5 Å². The first-order valence-electron chi connectivity index (χ1n) is 10.8. The van der Waals surface area contributed by atoms with Gasteiger partial charge in [-0.1, -0.05) is 30.3 Å². The third-order valence-corrected chi connectivity index (χ3v) is 5.48. The number of benzene rings is 2. The maximum atomic E-state index is 13.7. The van der Waals surface area contributed by atoms with Crippen LogP contribution in [0.5, 0.6) is 0 Å². The average Bonchev–Trinajstić information content (AvgIpc) is 2.79. The minimum absolute atomic E-state index is 0.0387. The number of amides is 3. The monoisotopic (exact) mass is 437 g/mol. The molecule has 168 valence electrons. The van der Waals surface area contributed by atoms with Gasteiger partial charge in [0.05, 0.1) is 0 Å². The summed E-state index contributed by atoms with van der Waals surface area (Å²) in [5, 5.41) is 5.58. The third-order valence-electron chi connectivity index (χ3n) is 5.48. The van der Waals surface area contributed by atoms with Crippen LogP contribution in [0, 0.1) is 11.7 Å². The molecule has 1 aliphatic heterocycles. The molecule has 1 fully saturated rings. The molecule has 0 aromatic heterocycles. The molecule has 0 spiro atoms. The number of nitrogens with one attached hydrogen (secondary N) is 2. The Morgan fingerprint density at radius 2 is 1.75 bits per heavy atom. The lowest BCUT2D eigenvalue weighted by Crippen LogP contribution is -2.42. The van der Waals surface area contributed by atoms with E-state index in [1.54, 1.807) is 41.3 Å². The molecule has 2 aromatic carbocycles. The highest BCUT2D eigenvalue weighted by Crippen LogP contribution is 2.18. The molecule has 0 unspecified atom stereocenters. The predicted molar refractivity (Wildman–Crippen MR) is 122 cm³/mol. The number of hydrogen-bond donors (Lipinski definition) is 2. The molecule has 1 saturated heterocycles. The van der Waals surface area contributed by atoms with E-state index in [9.17, 15) is 18.8 Å². The fraction of sp³-hybridized carbons (Fsp3) is 0.320. The number of nitrogens with zero attached hydrogens (tertiary/aromatic N) is 1. The minimum Gasteiger partial charge on any atom is -0.356 e. The smallest absolute Gasteiger partial charge is 0.246 e. The van der Waals surface area contributed by atoms with E-state index in [-0.39, 0.29) is 29.5 Å². The average molecular weight is 438 g/mol. The fourth-order valence-corrected chi connectivity index (χ4v) is 3.68. The van der Waals surface area contributed by atoms with Crippen LogP contribution >= 0.6 is 0 Å². The second kappa shape index (κ2) is 11.2. The Balaban J connectivity index is 1.41. The van der Waals surface area contributed by atoms with Gasteiger partial charge in [-0.15, -0.1) is 0 Å². The zero-order chi connectivity index (χ0) is 22.9. The van der Waals surface area contributed by atoms with Crippen LogP contribution in [0.15, 0.2) is 54.6 Å². The number of hydrogen-bond acceptors (Lipinski definition) is 3. The van der Waals surface area contributed by atoms with Gasteiger partial charge in [-0.2, -0.15) is 0 Å². The predicted octanol–water partition coefficient (Wildman–Crippen LogP) is 3.39. The van der Waals surface area contributed by atoms with E-state index >= 15 is 0 Å². The Bertz CT molecular complexity index is 980. The summed E-state index contributed by atoms with van der Waals surface area (Å²) < 4.78 is 13.7. The van der Waals surface area contributed by atoms with Crippen LogP contribution in [0.3, 0.4) is 0 Å². The van der Waals surface area contributed by atoms with Gasteiger partial charge in [-0.3, -0.25) is 14.4 Å². The normalized spacial score (nSPS) is 14.4. The Labute approximate surface area is 187 Å². The molecule has 0 saturated carbocycles. The van der Waals surface area contributed by atoms with E-state index in [0.717, 1.165) is 5.56 Å². The lowest BCUT2D eigenvalue weighted by Gasteiger charge is -2.30. The quantitative estimate of drug-likeness (QED) is 0.652. The molecule has 3 amide bonds. The largest absolute Gasteiger partial charge is 0.356 e. The SMILES string of the molecule is CC(=O)Nc1ccc(/C=C/C(=O)N2CCC(C(=O)NCCc3ccccc3F)CC2)cc1. The van der Waals surface area contributed by atoms with Crippen molar-refractivity contribution in [2.45, 2.75) is 26.2 Å². The molecular weight excluding hydrogens is 409 g/mol. The van der Waals surface area contributed by atoms with Crippen LogP contribution in [-0.2, 0) is 20.8 Å². The first-order chi connectivity index (χ1) is 15.4. The van der Waals surface area contributed by atoms with Crippen LogP contribution in [0.2, 0.25) is 0 Å². The summed E-state index contributed by atoms with van der Waals surface area (Å²) in [5.74, 6) is -0.654. The Kier molecular flexibility index (Phi) is 8.14. The van der Waals surface area contributed by atoms with Gasteiger partial charge in [0.25, 0.3) is 0 Å². The van der Waals surface area contributed by atoms with E-state index in [1.165, 1.54) is 19.1 Å². The van der Waals surface area contributed by atoms with Crippen molar-refractivity contribution in [3.8, 4) is 0 Å². The standard InChI is InChI=1S/C25H28FN3O3/c1-18(30)28-22-9-6-19(7-10-22)8-11-24(31)29-16-13-21(14-17-29)25(32)27-15-12-20-4-2-3-5-23(20)26/h2-11,21H,12-17H2,1H3,(H,27,32)(H,28,30)/b11-8+. The Morgan fingerprint density at radius 1 is 1.06 bits per heavy atom. The lowest BCUT2D eigenvalue weighted by molar-refractivity contribution is -0.132. The number of piperidine rings is 1. The number of halogens is 1. The topological polar surface area (TPSA) is 78.5 Å². The molecule has 6 nitrogen and oxygen atoms in total. The van der Waals surface area contributed by atoms with Crippen LogP contribution in [-0.4, -0.2) is 42.3 Å². The van der Waals surface area contributed by atoms with Gasteiger partial charge in [-0.05, 0) is 54.7 Å². The molecule has 0 bridgehead atoms. The summed E-state index contributed by atoms with van der Waals surface area (Å²) in [6, 6.07) is 13.8. The van der Waals surface area contributed by atoms with Crippen LogP contribution < -0.4 is 10.6 Å². The highest BCUT2D eigenvalue weighted by molar-refractivity contribution is 5.92. The Hall–Kier alpha value is -3.48. The number of likely N-dealkylation sites (tertiary alicyclic amines) is 1. The highest BCUT2D eigenvalue weighted by Gasteiger charge is 2.26. The summed E-state index contributed by atoms with van der Waals surface area (Å²) in [6.45, 7) is 2.89. The van der Waals surface area contributed by atoms with Crippen LogP contribution in [0.4, 0.5) is 10.1 Å². The molecule has 0 radical (unpaired) electrons. The summed E-state index contributed by atoms with van der Waals surface area (Å²) >= 11 is 0. The maximum absolute atomic E-state index is 13.7. The molecule has 2 N–H and O–H groups in total. The van der Waals surface area contributed by atoms with E-state index < -0.39 is 0 Å². The molecule has 1 aliphatic rings. The second-order valence-corrected chi connectivity index (χ2v) is 7.87. The van der Waals surface area contributed by atoms with Gasteiger partial charge in [-0.25, -0.2) is 4.39 Å². The number of carbonyl (C=O) groups excluding carboxylic acids is 3. The summed E-state index contributed by atoms with van der Waals surface area (Å²) in [5.41, 5.74) is 2.15. The molecular formula is C25H28FN3O3. The summed E-state index contributed by atoms with van der Waals surface area (Å²) in [7, 11) is 0. The van der Waals surface area contributed by atoms with Gasteiger partial charge in [0, 0.05) is 44.2 Å². The van der Waals surface area contributed by atoms with Crippen molar-refractivity contribution in [1.29, 1.82) is 0 Å². The van der Waals surface area contributed by atoms with Crippen molar-refractivity contribution in [3.05, 3.63) is 71.6 Å². The van der Waals surface area contributed by atoms with Crippen molar-refractivity contribution in [2.75, 3.05) is 25.0 Å². The van der Waals surface area contributed by atoms with Crippen LogP contribution in [0.1, 0.15) is 30.9 Å². The first kappa shape index (κ1) is 23.2.